The molecule has 1 aliphatic heterocycles. The van der Waals surface area contributed by atoms with E-state index >= 15 is 0 Å². The average molecular weight is 291 g/mol. The fourth-order valence-corrected chi connectivity index (χ4v) is 2.19. The molecule has 0 fully saturated rings. The Balaban J connectivity index is 2.41. The molecule has 2 rings (SSSR count). The lowest BCUT2D eigenvalue weighted by Crippen LogP contribution is -2.32. The van der Waals surface area contributed by atoms with Crippen molar-refractivity contribution < 1.29 is 0 Å². The van der Waals surface area contributed by atoms with Crippen LogP contribution in [0.4, 0.5) is 0 Å². The first-order valence-corrected chi connectivity index (χ1v) is 6.79. The Bertz CT molecular complexity index is 543. The molecule has 0 bridgehead atoms. The number of aliphatic imine (C=N–C) groups is 1. The highest BCUT2D eigenvalue weighted by molar-refractivity contribution is 6.30. The largest absolute Gasteiger partial charge is 0.386 e. The second kappa shape index (κ2) is 6.59. The van der Waals surface area contributed by atoms with Gasteiger partial charge in [0.05, 0.1) is 24.3 Å². The van der Waals surface area contributed by atoms with Gasteiger partial charge in [0.2, 0.25) is 0 Å². The smallest absolute Gasteiger partial charge is 0.0845 e. The third kappa shape index (κ3) is 3.40. The van der Waals surface area contributed by atoms with E-state index in [0.29, 0.717) is 0 Å². The van der Waals surface area contributed by atoms with Gasteiger partial charge in [-0.05, 0) is 31.8 Å². The van der Waals surface area contributed by atoms with Gasteiger partial charge >= 0.3 is 0 Å². The number of rotatable bonds is 4. The van der Waals surface area contributed by atoms with Crippen molar-refractivity contribution in [3.8, 4) is 0 Å². The second-order valence-electron chi connectivity index (χ2n) is 4.78. The van der Waals surface area contributed by atoms with Gasteiger partial charge in [-0.3, -0.25) is 9.89 Å². The van der Waals surface area contributed by atoms with Gasteiger partial charge < -0.3 is 10.2 Å². The van der Waals surface area contributed by atoms with Gasteiger partial charge in [0.1, 0.15) is 0 Å². The molecule has 0 radical (unpaired) electrons. The molecule has 0 atom stereocenters. The van der Waals surface area contributed by atoms with Crippen LogP contribution < -0.4 is 5.32 Å². The number of nitrogens with one attached hydrogen (secondary N) is 1. The lowest BCUT2D eigenvalue weighted by Gasteiger charge is -2.28. The van der Waals surface area contributed by atoms with Crippen LogP contribution >= 0.6 is 11.6 Å². The van der Waals surface area contributed by atoms with Crippen LogP contribution in [0.3, 0.4) is 0 Å². The number of benzene rings is 1. The monoisotopic (exact) mass is 290 g/mol. The highest BCUT2D eigenvalue weighted by Crippen LogP contribution is 2.21. The van der Waals surface area contributed by atoms with Crippen molar-refractivity contribution in [2.75, 3.05) is 27.8 Å². The summed E-state index contributed by atoms with van der Waals surface area (Å²) < 4.78 is 0. The van der Waals surface area contributed by atoms with Crippen LogP contribution in [0.5, 0.6) is 0 Å². The van der Waals surface area contributed by atoms with Crippen molar-refractivity contribution in [1.29, 1.82) is 0 Å². The summed E-state index contributed by atoms with van der Waals surface area (Å²) >= 11 is 5.95. The minimum Gasteiger partial charge on any atom is -0.386 e. The summed E-state index contributed by atoms with van der Waals surface area (Å²) in [7, 11) is 5.99. The van der Waals surface area contributed by atoms with Gasteiger partial charge in [-0.25, -0.2) is 0 Å². The van der Waals surface area contributed by atoms with Crippen molar-refractivity contribution in [1.82, 2.24) is 15.1 Å². The zero-order valence-corrected chi connectivity index (χ0v) is 12.7. The predicted octanol–water partition coefficient (Wildman–Crippen LogP) is 2.60. The van der Waals surface area contributed by atoms with E-state index in [-0.39, 0.29) is 0 Å². The van der Waals surface area contributed by atoms with Gasteiger partial charge in [-0.1, -0.05) is 23.7 Å². The van der Waals surface area contributed by atoms with E-state index in [1.165, 1.54) is 0 Å². The molecule has 4 nitrogen and oxygen atoms in total. The summed E-state index contributed by atoms with van der Waals surface area (Å²) in [5, 5.41) is 3.99. The molecule has 0 spiro atoms. The summed E-state index contributed by atoms with van der Waals surface area (Å²) in [6.07, 6.45) is 5.63. The summed E-state index contributed by atoms with van der Waals surface area (Å²) in [5.74, 6) is 0. The molecular formula is C15H19ClN4. The van der Waals surface area contributed by atoms with E-state index in [1.54, 1.807) is 6.20 Å². The van der Waals surface area contributed by atoms with Crippen LogP contribution in [0.1, 0.15) is 5.56 Å². The van der Waals surface area contributed by atoms with Crippen LogP contribution in [0.15, 0.2) is 47.4 Å². The van der Waals surface area contributed by atoms with E-state index in [2.05, 4.69) is 20.1 Å². The molecular weight excluding hydrogens is 272 g/mol. The molecule has 0 saturated heterocycles. The molecule has 0 aliphatic carbocycles. The Morgan fingerprint density at radius 1 is 1.30 bits per heavy atom. The topological polar surface area (TPSA) is 30.9 Å². The zero-order valence-electron chi connectivity index (χ0n) is 12.0. The minimum atomic E-state index is 0.733. The lowest BCUT2D eigenvalue weighted by molar-refractivity contribution is 0.280. The molecule has 1 N–H and O–H groups in total. The molecule has 1 aromatic carbocycles. The van der Waals surface area contributed by atoms with Crippen molar-refractivity contribution in [2.45, 2.75) is 0 Å². The van der Waals surface area contributed by atoms with Crippen molar-refractivity contribution in [2.24, 2.45) is 4.99 Å². The zero-order chi connectivity index (χ0) is 14.5. The summed E-state index contributed by atoms with van der Waals surface area (Å²) in [6.45, 7) is 0.788. The molecule has 1 heterocycles. The number of hydrogen-bond donors (Lipinski definition) is 1. The summed E-state index contributed by atoms with van der Waals surface area (Å²) in [6, 6.07) is 7.78. The van der Waals surface area contributed by atoms with Gasteiger partial charge in [-0.15, -0.1) is 0 Å². The Labute approximate surface area is 125 Å². The van der Waals surface area contributed by atoms with Crippen molar-refractivity contribution in [3.05, 3.63) is 52.9 Å². The average Bonchev–Trinajstić information content (AvgIpc) is 2.43. The first-order valence-electron chi connectivity index (χ1n) is 6.41. The Morgan fingerprint density at radius 2 is 2.00 bits per heavy atom. The molecule has 0 saturated carbocycles. The van der Waals surface area contributed by atoms with Crippen LogP contribution in [-0.2, 0) is 0 Å². The molecule has 0 unspecified atom stereocenters. The molecule has 1 aliphatic rings. The fraction of sp³-hybridized carbons (Fsp3) is 0.267. The maximum absolute atomic E-state index is 5.95. The quantitative estimate of drug-likeness (QED) is 0.925. The minimum absolute atomic E-state index is 0.733. The number of halogens is 1. The number of allylic oxidation sites excluding steroid dienone is 1. The van der Waals surface area contributed by atoms with Gasteiger partial charge in [0.15, 0.2) is 0 Å². The van der Waals surface area contributed by atoms with Gasteiger partial charge in [-0.2, -0.15) is 0 Å². The molecule has 5 heteroatoms. The van der Waals surface area contributed by atoms with Gasteiger partial charge in [0.25, 0.3) is 0 Å². The maximum atomic E-state index is 5.95. The predicted molar refractivity (Wildman–Crippen MR) is 85.5 cm³/mol. The molecule has 20 heavy (non-hydrogen) atoms. The lowest BCUT2D eigenvalue weighted by atomic mass is 10.1. The normalized spacial score (nSPS) is 16.8. The molecule has 0 aromatic heterocycles. The SMILES string of the molecule is CN/C(=C1/C=NC=CN1CN(C)C)c1ccc(Cl)cc1. The summed E-state index contributed by atoms with van der Waals surface area (Å²) in [5.41, 5.74) is 3.14. The third-order valence-corrected chi connectivity index (χ3v) is 3.17. The van der Waals surface area contributed by atoms with Crippen LogP contribution in [0.2, 0.25) is 5.02 Å². The standard InChI is InChI=1S/C15H19ClN4/c1-17-15(12-4-6-13(16)7-5-12)14-10-18-8-9-20(14)11-19(2)3/h4-10,17H,11H2,1-3H3/b15-14-. The van der Waals surface area contributed by atoms with E-state index in [9.17, 15) is 0 Å². The third-order valence-electron chi connectivity index (χ3n) is 2.91. The Morgan fingerprint density at radius 3 is 2.60 bits per heavy atom. The van der Waals surface area contributed by atoms with Crippen molar-refractivity contribution >= 4 is 23.5 Å². The van der Waals surface area contributed by atoms with Crippen LogP contribution in [0.25, 0.3) is 5.70 Å². The molecule has 106 valence electrons. The van der Waals surface area contributed by atoms with E-state index in [4.69, 9.17) is 11.6 Å². The van der Waals surface area contributed by atoms with E-state index in [0.717, 1.165) is 28.6 Å². The van der Waals surface area contributed by atoms with Gasteiger partial charge in [0, 0.05) is 24.5 Å². The highest BCUT2D eigenvalue weighted by Gasteiger charge is 2.15. The first kappa shape index (κ1) is 14.6. The highest BCUT2D eigenvalue weighted by atomic mass is 35.5. The van der Waals surface area contributed by atoms with Crippen LogP contribution in [0, 0.1) is 0 Å². The van der Waals surface area contributed by atoms with E-state index < -0.39 is 0 Å². The molecule has 1 aromatic rings. The number of hydrogen-bond acceptors (Lipinski definition) is 4. The Kier molecular flexibility index (Phi) is 4.82. The van der Waals surface area contributed by atoms with E-state index in [1.807, 2.05) is 57.8 Å². The van der Waals surface area contributed by atoms with Crippen LogP contribution in [-0.4, -0.2) is 43.8 Å². The number of nitrogens with zero attached hydrogens (tertiary/aromatic N) is 3. The van der Waals surface area contributed by atoms with Crippen molar-refractivity contribution in [3.63, 3.8) is 0 Å². The summed E-state index contributed by atoms with van der Waals surface area (Å²) in [4.78, 5) is 8.49. The fourth-order valence-electron chi connectivity index (χ4n) is 2.06. The maximum Gasteiger partial charge on any atom is 0.0845 e. The second-order valence-corrected chi connectivity index (χ2v) is 5.22. The first-order chi connectivity index (χ1) is 9.61. The Hall–Kier alpha value is -1.78. The molecule has 0 amide bonds.